The monoisotopic (exact) mass is 306 g/mol. The Morgan fingerprint density at radius 1 is 1.25 bits per heavy atom. The summed E-state index contributed by atoms with van der Waals surface area (Å²) in [7, 11) is 0. The largest absolute Gasteiger partial charge is 0.504 e. The van der Waals surface area contributed by atoms with Crippen molar-refractivity contribution in [1.82, 2.24) is 0 Å². The zero-order valence-corrected chi connectivity index (χ0v) is 12.3. The standard InChI is InChI=1S/C15H12Cl2N2O/c1-9-12(16)6-13(15(20)14(9)17)19-8-11-4-2-10(7-18)3-5-11/h2-6,19-20H,8H2,1H3. The number of benzene rings is 2. The molecule has 0 heterocycles. The van der Waals surface area contributed by atoms with Gasteiger partial charge in [0.2, 0.25) is 0 Å². The van der Waals surface area contributed by atoms with E-state index in [1.54, 1.807) is 25.1 Å². The summed E-state index contributed by atoms with van der Waals surface area (Å²) in [6.45, 7) is 2.24. The number of nitrogens with zero attached hydrogens (tertiary/aromatic N) is 1. The van der Waals surface area contributed by atoms with Crippen molar-refractivity contribution in [3.05, 3.63) is 57.1 Å². The summed E-state index contributed by atoms with van der Waals surface area (Å²) in [6.07, 6.45) is 0. The molecule has 0 aliphatic rings. The van der Waals surface area contributed by atoms with E-state index in [-0.39, 0.29) is 10.8 Å². The van der Waals surface area contributed by atoms with Gasteiger partial charge in [-0.15, -0.1) is 0 Å². The molecule has 2 aromatic rings. The third kappa shape index (κ3) is 2.98. The van der Waals surface area contributed by atoms with Crippen molar-refractivity contribution in [1.29, 1.82) is 5.26 Å². The van der Waals surface area contributed by atoms with Crippen molar-refractivity contribution in [2.75, 3.05) is 5.32 Å². The first-order chi connectivity index (χ1) is 9.52. The van der Waals surface area contributed by atoms with Gasteiger partial charge in [-0.2, -0.15) is 5.26 Å². The Morgan fingerprint density at radius 3 is 2.50 bits per heavy atom. The molecule has 5 heteroatoms. The van der Waals surface area contributed by atoms with E-state index in [0.29, 0.717) is 28.4 Å². The van der Waals surface area contributed by atoms with Crippen LogP contribution in [0.25, 0.3) is 0 Å². The van der Waals surface area contributed by atoms with E-state index >= 15 is 0 Å². The lowest BCUT2D eigenvalue weighted by Gasteiger charge is -2.12. The van der Waals surface area contributed by atoms with Crippen LogP contribution in [0.15, 0.2) is 30.3 Å². The molecule has 2 rings (SSSR count). The Hall–Kier alpha value is -1.89. The molecule has 20 heavy (non-hydrogen) atoms. The minimum absolute atomic E-state index is 0.0118. The highest BCUT2D eigenvalue weighted by Gasteiger charge is 2.12. The highest BCUT2D eigenvalue weighted by atomic mass is 35.5. The fourth-order valence-electron chi connectivity index (χ4n) is 1.73. The topological polar surface area (TPSA) is 56.0 Å². The Morgan fingerprint density at radius 2 is 1.90 bits per heavy atom. The molecule has 0 spiro atoms. The van der Waals surface area contributed by atoms with Gasteiger partial charge in [0.1, 0.15) is 0 Å². The summed E-state index contributed by atoms with van der Waals surface area (Å²) in [5.74, 6) is -0.0118. The van der Waals surface area contributed by atoms with Crippen LogP contribution >= 0.6 is 23.2 Å². The van der Waals surface area contributed by atoms with Crippen LogP contribution in [0.3, 0.4) is 0 Å². The first-order valence-corrected chi connectivity index (χ1v) is 6.69. The Kier molecular flexibility index (Phi) is 4.39. The number of anilines is 1. The molecule has 0 radical (unpaired) electrons. The zero-order chi connectivity index (χ0) is 14.7. The van der Waals surface area contributed by atoms with Crippen LogP contribution in [-0.4, -0.2) is 5.11 Å². The van der Waals surface area contributed by atoms with E-state index in [9.17, 15) is 5.11 Å². The van der Waals surface area contributed by atoms with Crippen molar-refractivity contribution in [2.45, 2.75) is 13.5 Å². The Bertz CT molecular complexity index is 676. The molecule has 0 aromatic heterocycles. The van der Waals surface area contributed by atoms with E-state index in [2.05, 4.69) is 11.4 Å². The number of hydrogen-bond acceptors (Lipinski definition) is 3. The second-order valence-corrected chi connectivity index (χ2v) is 5.14. The molecule has 0 amide bonds. The summed E-state index contributed by atoms with van der Waals surface area (Å²) < 4.78 is 0. The average molecular weight is 307 g/mol. The smallest absolute Gasteiger partial charge is 0.157 e. The molecule has 0 saturated heterocycles. The maximum absolute atomic E-state index is 9.97. The third-order valence-corrected chi connectivity index (χ3v) is 3.84. The second kappa shape index (κ2) is 6.04. The summed E-state index contributed by atoms with van der Waals surface area (Å²) in [5, 5.41) is 22.5. The summed E-state index contributed by atoms with van der Waals surface area (Å²) in [4.78, 5) is 0. The third-order valence-electron chi connectivity index (χ3n) is 2.99. The predicted octanol–water partition coefficient (Wildman–Crippen LogP) is 4.49. The van der Waals surface area contributed by atoms with Crippen LogP contribution in [0, 0.1) is 18.3 Å². The van der Waals surface area contributed by atoms with Crippen LogP contribution in [0.1, 0.15) is 16.7 Å². The molecule has 0 atom stereocenters. The summed E-state index contributed by atoms with van der Waals surface area (Å²) >= 11 is 12.0. The molecule has 0 fully saturated rings. The normalized spacial score (nSPS) is 10.1. The van der Waals surface area contributed by atoms with Gasteiger partial charge in [-0.05, 0) is 36.2 Å². The summed E-state index contributed by atoms with van der Waals surface area (Å²) in [6, 6.07) is 10.9. The molecule has 0 unspecified atom stereocenters. The predicted molar refractivity (Wildman–Crippen MR) is 81.3 cm³/mol. The highest BCUT2D eigenvalue weighted by molar-refractivity contribution is 6.37. The maximum atomic E-state index is 9.97. The Balaban J connectivity index is 2.17. The van der Waals surface area contributed by atoms with Gasteiger partial charge in [0.05, 0.1) is 22.3 Å². The molecular formula is C15H12Cl2N2O. The van der Waals surface area contributed by atoms with Crippen LogP contribution in [0.2, 0.25) is 10.0 Å². The number of nitriles is 1. The average Bonchev–Trinajstić information content (AvgIpc) is 2.48. The molecular weight excluding hydrogens is 295 g/mol. The molecule has 0 aliphatic carbocycles. The zero-order valence-electron chi connectivity index (χ0n) is 10.7. The van der Waals surface area contributed by atoms with Crippen LogP contribution in [0.4, 0.5) is 5.69 Å². The maximum Gasteiger partial charge on any atom is 0.157 e. The Labute approximate surface area is 127 Å². The lowest BCUT2D eigenvalue weighted by molar-refractivity contribution is 0.477. The number of aromatic hydroxyl groups is 1. The lowest BCUT2D eigenvalue weighted by Crippen LogP contribution is -2.00. The van der Waals surface area contributed by atoms with Gasteiger partial charge in [-0.1, -0.05) is 35.3 Å². The number of phenols is 1. The number of hydrogen-bond donors (Lipinski definition) is 2. The number of halogens is 2. The van der Waals surface area contributed by atoms with E-state index < -0.39 is 0 Å². The van der Waals surface area contributed by atoms with Gasteiger partial charge in [0, 0.05) is 11.6 Å². The van der Waals surface area contributed by atoms with E-state index in [4.69, 9.17) is 28.5 Å². The first-order valence-electron chi connectivity index (χ1n) is 5.93. The minimum atomic E-state index is -0.0118. The minimum Gasteiger partial charge on any atom is -0.504 e. The van der Waals surface area contributed by atoms with Crippen LogP contribution in [0.5, 0.6) is 5.75 Å². The highest BCUT2D eigenvalue weighted by Crippen LogP contribution is 2.38. The van der Waals surface area contributed by atoms with Gasteiger partial charge < -0.3 is 10.4 Å². The van der Waals surface area contributed by atoms with Gasteiger partial charge in [-0.3, -0.25) is 0 Å². The van der Waals surface area contributed by atoms with Crippen molar-refractivity contribution in [3.8, 4) is 11.8 Å². The van der Waals surface area contributed by atoms with E-state index in [0.717, 1.165) is 5.56 Å². The SMILES string of the molecule is Cc1c(Cl)cc(NCc2ccc(C#N)cc2)c(O)c1Cl. The first kappa shape index (κ1) is 14.5. The van der Waals surface area contributed by atoms with Crippen molar-refractivity contribution in [2.24, 2.45) is 0 Å². The van der Waals surface area contributed by atoms with E-state index in [1.807, 2.05) is 12.1 Å². The van der Waals surface area contributed by atoms with Gasteiger partial charge >= 0.3 is 0 Å². The van der Waals surface area contributed by atoms with Crippen LogP contribution in [-0.2, 0) is 6.54 Å². The van der Waals surface area contributed by atoms with Crippen LogP contribution < -0.4 is 5.32 Å². The van der Waals surface area contributed by atoms with Crippen molar-refractivity contribution < 1.29 is 5.11 Å². The number of rotatable bonds is 3. The lowest BCUT2D eigenvalue weighted by atomic mass is 10.1. The number of phenolic OH excluding ortho intramolecular Hbond substituents is 1. The van der Waals surface area contributed by atoms with E-state index in [1.165, 1.54) is 0 Å². The summed E-state index contributed by atoms with van der Waals surface area (Å²) in [5.41, 5.74) is 2.72. The second-order valence-electron chi connectivity index (χ2n) is 4.36. The fourth-order valence-corrected chi connectivity index (χ4v) is 2.19. The van der Waals surface area contributed by atoms with Crippen molar-refractivity contribution in [3.63, 3.8) is 0 Å². The molecule has 0 aliphatic heterocycles. The molecule has 0 bridgehead atoms. The molecule has 2 aromatic carbocycles. The molecule has 102 valence electrons. The van der Waals surface area contributed by atoms with Crippen molar-refractivity contribution >= 4 is 28.9 Å². The molecule has 0 saturated carbocycles. The fraction of sp³-hybridized carbons (Fsp3) is 0.133. The molecule has 2 N–H and O–H groups in total. The van der Waals surface area contributed by atoms with Gasteiger partial charge in [0.15, 0.2) is 5.75 Å². The molecule has 3 nitrogen and oxygen atoms in total. The number of nitrogens with one attached hydrogen (secondary N) is 1. The quantitative estimate of drug-likeness (QED) is 0.821. The van der Waals surface area contributed by atoms with Gasteiger partial charge in [-0.25, -0.2) is 0 Å². The van der Waals surface area contributed by atoms with Gasteiger partial charge in [0.25, 0.3) is 0 Å².